The lowest BCUT2D eigenvalue weighted by molar-refractivity contribution is 0.0975. The highest BCUT2D eigenvalue weighted by Gasteiger charge is 2.16. The van der Waals surface area contributed by atoms with Crippen LogP contribution in [0.4, 0.5) is 5.69 Å². The van der Waals surface area contributed by atoms with Gasteiger partial charge in [-0.1, -0.05) is 44.2 Å². The molecule has 5 nitrogen and oxygen atoms in total. The minimum absolute atomic E-state index is 0.0666. The molecule has 0 unspecified atom stereocenters. The molecule has 0 aliphatic rings. The monoisotopic (exact) mass is 408 g/mol. The third kappa shape index (κ3) is 4.66. The van der Waals surface area contributed by atoms with Gasteiger partial charge in [0.05, 0.1) is 18.4 Å². The number of carbonyl (C=O) groups excluding carboxylic acids is 1. The molecule has 0 aliphatic carbocycles. The summed E-state index contributed by atoms with van der Waals surface area (Å²) in [6, 6.07) is 16.7. The molecule has 0 aliphatic heterocycles. The molecule has 3 N–H and O–H groups in total. The van der Waals surface area contributed by atoms with E-state index >= 15 is 0 Å². The van der Waals surface area contributed by atoms with Crippen molar-refractivity contribution in [2.45, 2.75) is 26.2 Å². The van der Waals surface area contributed by atoms with Crippen LogP contribution in [-0.2, 0) is 0 Å². The Morgan fingerprint density at radius 1 is 1.14 bits per heavy atom. The molecule has 1 amide bonds. The van der Waals surface area contributed by atoms with Crippen molar-refractivity contribution >= 4 is 39.7 Å². The maximum Gasteiger partial charge on any atom is 0.261 e. The van der Waals surface area contributed by atoms with E-state index in [2.05, 4.69) is 24.5 Å². The molecule has 0 saturated carbocycles. The van der Waals surface area contributed by atoms with Crippen LogP contribution in [0.15, 0.2) is 54.6 Å². The van der Waals surface area contributed by atoms with E-state index in [9.17, 15) is 9.90 Å². The molecule has 0 aromatic heterocycles. The van der Waals surface area contributed by atoms with Gasteiger partial charge in [-0.3, -0.25) is 10.1 Å². The number of rotatable bonds is 5. The summed E-state index contributed by atoms with van der Waals surface area (Å²) in [6.45, 7) is 4.22. The fraction of sp³-hybridized carbons (Fsp3) is 0.217. The van der Waals surface area contributed by atoms with Crippen molar-refractivity contribution in [3.63, 3.8) is 0 Å². The summed E-state index contributed by atoms with van der Waals surface area (Å²) in [6.07, 6.45) is 0.979. The molecule has 0 heterocycles. The minimum Gasteiger partial charge on any atom is -0.506 e. The Morgan fingerprint density at radius 3 is 2.48 bits per heavy atom. The Labute approximate surface area is 175 Å². The van der Waals surface area contributed by atoms with Gasteiger partial charge in [0.1, 0.15) is 11.5 Å². The van der Waals surface area contributed by atoms with Crippen molar-refractivity contribution in [2.24, 2.45) is 0 Å². The third-order valence-electron chi connectivity index (χ3n) is 4.99. The van der Waals surface area contributed by atoms with E-state index in [1.165, 1.54) is 7.11 Å². The predicted octanol–water partition coefficient (Wildman–Crippen LogP) is 5.19. The lowest BCUT2D eigenvalue weighted by Gasteiger charge is -2.15. The van der Waals surface area contributed by atoms with Gasteiger partial charge in [0.15, 0.2) is 5.11 Å². The second-order valence-electron chi connectivity index (χ2n) is 6.89. The van der Waals surface area contributed by atoms with Crippen LogP contribution in [0.2, 0.25) is 0 Å². The first-order valence-corrected chi connectivity index (χ1v) is 9.85. The number of ether oxygens (including phenoxy) is 1. The highest BCUT2D eigenvalue weighted by molar-refractivity contribution is 7.80. The van der Waals surface area contributed by atoms with Crippen molar-refractivity contribution in [2.75, 3.05) is 12.4 Å². The summed E-state index contributed by atoms with van der Waals surface area (Å²) in [7, 11) is 1.52. The van der Waals surface area contributed by atoms with E-state index < -0.39 is 0 Å². The number of phenolic OH excluding ortho intramolecular Hbond substituents is 1. The Morgan fingerprint density at radius 2 is 1.83 bits per heavy atom. The highest BCUT2D eigenvalue weighted by atomic mass is 32.1. The first-order valence-electron chi connectivity index (χ1n) is 9.45. The van der Waals surface area contributed by atoms with Crippen LogP contribution < -0.4 is 15.4 Å². The first kappa shape index (κ1) is 20.6. The summed E-state index contributed by atoms with van der Waals surface area (Å²) in [5.41, 5.74) is 1.92. The zero-order valence-electron chi connectivity index (χ0n) is 16.7. The van der Waals surface area contributed by atoms with E-state index in [4.69, 9.17) is 17.0 Å². The van der Waals surface area contributed by atoms with Crippen LogP contribution in [0, 0.1) is 0 Å². The van der Waals surface area contributed by atoms with Gasteiger partial charge in [0.2, 0.25) is 0 Å². The van der Waals surface area contributed by atoms with E-state index in [1.54, 1.807) is 12.1 Å². The van der Waals surface area contributed by atoms with Crippen LogP contribution in [0.1, 0.15) is 42.1 Å². The maximum absolute atomic E-state index is 12.8. The van der Waals surface area contributed by atoms with Gasteiger partial charge >= 0.3 is 0 Å². The van der Waals surface area contributed by atoms with Crippen LogP contribution in [-0.4, -0.2) is 23.2 Å². The summed E-state index contributed by atoms with van der Waals surface area (Å²) in [5, 5.41) is 17.7. The average molecular weight is 409 g/mol. The summed E-state index contributed by atoms with van der Waals surface area (Å²) >= 11 is 5.29. The summed E-state index contributed by atoms with van der Waals surface area (Å²) in [5.74, 6) is 0.492. The Kier molecular flexibility index (Phi) is 6.34. The van der Waals surface area contributed by atoms with E-state index in [-0.39, 0.29) is 16.8 Å². The van der Waals surface area contributed by atoms with Crippen LogP contribution in [0.5, 0.6) is 11.5 Å². The number of hydrogen-bond donors (Lipinski definition) is 3. The number of benzene rings is 3. The largest absolute Gasteiger partial charge is 0.506 e. The van der Waals surface area contributed by atoms with Crippen molar-refractivity contribution in [3.05, 3.63) is 65.7 Å². The number of thiocarbonyl (C=S) groups is 1. The van der Waals surface area contributed by atoms with E-state index in [0.29, 0.717) is 22.9 Å². The molecule has 3 aromatic carbocycles. The van der Waals surface area contributed by atoms with Crippen molar-refractivity contribution in [1.29, 1.82) is 0 Å². The molecule has 0 radical (unpaired) electrons. The number of fused-ring (bicyclic) bond motifs is 1. The van der Waals surface area contributed by atoms with Crippen LogP contribution in [0.25, 0.3) is 10.8 Å². The number of phenols is 1. The van der Waals surface area contributed by atoms with Gasteiger partial charge in [-0.2, -0.15) is 0 Å². The average Bonchev–Trinajstić information content (AvgIpc) is 2.73. The Bertz CT molecular complexity index is 1070. The van der Waals surface area contributed by atoms with Crippen molar-refractivity contribution in [1.82, 2.24) is 5.32 Å². The molecule has 0 bridgehead atoms. The van der Waals surface area contributed by atoms with Crippen molar-refractivity contribution in [3.8, 4) is 11.5 Å². The van der Waals surface area contributed by atoms with Gasteiger partial charge in [0, 0.05) is 0 Å². The lowest BCUT2D eigenvalue weighted by atomic mass is 9.98. The molecule has 3 rings (SSSR count). The standard InChI is InChI=1S/C23H24N2O3S/c1-4-14(2)15-9-10-20(26)19(12-15)24-23(29)25-22(27)18-11-16-7-5-6-8-17(16)13-21(18)28-3/h5-14,26H,4H2,1-3H3,(H2,24,25,27,29)/t14-/m1/s1. The fourth-order valence-corrected chi connectivity index (χ4v) is 3.29. The highest BCUT2D eigenvalue weighted by Crippen LogP contribution is 2.29. The zero-order chi connectivity index (χ0) is 21.0. The second kappa shape index (κ2) is 8.92. The normalized spacial score (nSPS) is 11.7. The van der Waals surface area contributed by atoms with Crippen LogP contribution in [0.3, 0.4) is 0 Å². The number of anilines is 1. The number of aromatic hydroxyl groups is 1. The fourth-order valence-electron chi connectivity index (χ4n) is 3.09. The lowest BCUT2D eigenvalue weighted by Crippen LogP contribution is -2.34. The zero-order valence-corrected chi connectivity index (χ0v) is 17.5. The van der Waals surface area contributed by atoms with Gasteiger partial charge in [-0.15, -0.1) is 0 Å². The first-order chi connectivity index (χ1) is 13.9. The minimum atomic E-state index is -0.386. The number of hydrogen-bond acceptors (Lipinski definition) is 4. The summed E-state index contributed by atoms with van der Waals surface area (Å²) in [4.78, 5) is 12.8. The molecule has 0 fully saturated rings. The third-order valence-corrected chi connectivity index (χ3v) is 5.19. The Balaban J connectivity index is 1.79. The molecule has 0 spiro atoms. The smallest absolute Gasteiger partial charge is 0.261 e. The van der Waals surface area contributed by atoms with Gasteiger partial charge < -0.3 is 15.2 Å². The SMILES string of the molecule is CC[C@@H](C)c1ccc(O)c(NC(=S)NC(=O)c2cc3ccccc3cc2OC)c1. The van der Waals surface area contributed by atoms with Gasteiger partial charge in [0.25, 0.3) is 5.91 Å². The van der Waals surface area contributed by atoms with Crippen molar-refractivity contribution < 1.29 is 14.6 Å². The van der Waals surface area contributed by atoms with E-state index in [0.717, 1.165) is 22.8 Å². The van der Waals surface area contributed by atoms with Gasteiger partial charge in [-0.25, -0.2) is 0 Å². The molecule has 6 heteroatoms. The number of methoxy groups -OCH3 is 1. The van der Waals surface area contributed by atoms with E-state index in [1.807, 2.05) is 42.5 Å². The molecule has 1 atom stereocenters. The number of amides is 1. The quantitative estimate of drug-likeness (QED) is 0.400. The summed E-state index contributed by atoms with van der Waals surface area (Å²) < 4.78 is 5.38. The van der Waals surface area contributed by atoms with Gasteiger partial charge in [-0.05, 0) is 65.2 Å². The second-order valence-corrected chi connectivity index (χ2v) is 7.30. The predicted molar refractivity (Wildman–Crippen MR) is 121 cm³/mol. The molecule has 150 valence electrons. The Hall–Kier alpha value is -3.12. The number of carbonyl (C=O) groups is 1. The molecule has 3 aromatic rings. The van der Waals surface area contributed by atoms with Crippen LogP contribution >= 0.6 is 12.2 Å². The molecular weight excluding hydrogens is 384 g/mol. The molecular formula is C23H24N2O3S. The topological polar surface area (TPSA) is 70.6 Å². The molecule has 0 saturated heterocycles. The number of nitrogens with one attached hydrogen (secondary N) is 2. The maximum atomic E-state index is 12.8. The molecule has 29 heavy (non-hydrogen) atoms.